The van der Waals surface area contributed by atoms with Gasteiger partial charge in [0, 0.05) is 12.6 Å². The number of hydrogen-bond acceptors (Lipinski definition) is 5. The second kappa shape index (κ2) is 5.59. The lowest BCUT2D eigenvalue weighted by atomic mass is 10.2. The van der Waals surface area contributed by atoms with E-state index in [0.29, 0.717) is 12.3 Å². The molecule has 1 unspecified atom stereocenters. The zero-order valence-corrected chi connectivity index (χ0v) is 10.1. The minimum Gasteiger partial charge on any atom is -0.497 e. The molecule has 0 spiro atoms. The summed E-state index contributed by atoms with van der Waals surface area (Å²) in [6, 6.07) is 5.35. The van der Waals surface area contributed by atoms with E-state index in [1.165, 1.54) is 0 Å². The fraction of sp³-hybridized carbons (Fsp3) is 0.417. The lowest BCUT2D eigenvalue weighted by Gasteiger charge is -2.26. The van der Waals surface area contributed by atoms with E-state index in [4.69, 9.17) is 14.6 Å². The molecule has 0 saturated carbocycles. The SMILES string of the molecule is COc1ccc2c(c1)NCC(C(=O)NCCO)O2. The first-order chi connectivity index (χ1) is 8.74. The van der Waals surface area contributed by atoms with Crippen molar-refractivity contribution >= 4 is 11.6 Å². The van der Waals surface area contributed by atoms with Crippen molar-refractivity contribution in [1.82, 2.24) is 5.32 Å². The van der Waals surface area contributed by atoms with E-state index in [1.807, 2.05) is 6.07 Å². The summed E-state index contributed by atoms with van der Waals surface area (Å²) in [6.07, 6.45) is -0.586. The maximum Gasteiger partial charge on any atom is 0.263 e. The molecule has 1 aromatic rings. The molecule has 1 aliphatic rings. The first kappa shape index (κ1) is 12.5. The van der Waals surface area contributed by atoms with Gasteiger partial charge in [-0.3, -0.25) is 4.79 Å². The third kappa shape index (κ3) is 2.65. The van der Waals surface area contributed by atoms with Crippen molar-refractivity contribution in [3.63, 3.8) is 0 Å². The van der Waals surface area contributed by atoms with E-state index < -0.39 is 6.10 Å². The highest BCUT2D eigenvalue weighted by molar-refractivity contribution is 5.83. The van der Waals surface area contributed by atoms with Crippen LogP contribution in [0.25, 0.3) is 0 Å². The summed E-state index contributed by atoms with van der Waals surface area (Å²) in [4.78, 5) is 11.7. The van der Waals surface area contributed by atoms with Crippen LogP contribution >= 0.6 is 0 Å². The summed E-state index contributed by atoms with van der Waals surface area (Å²) in [7, 11) is 1.59. The molecule has 1 aliphatic heterocycles. The molecule has 1 aromatic carbocycles. The van der Waals surface area contributed by atoms with Crippen molar-refractivity contribution in [1.29, 1.82) is 0 Å². The molecule has 0 radical (unpaired) electrons. The van der Waals surface area contributed by atoms with Gasteiger partial charge in [0.25, 0.3) is 5.91 Å². The lowest BCUT2D eigenvalue weighted by molar-refractivity contribution is -0.127. The second-order valence-electron chi connectivity index (χ2n) is 3.86. The van der Waals surface area contributed by atoms with Gasteiger partial charge in [-0.25, -0.2) is 0 Å². The molecule has 1 amide bonds. The average molecular weight is 252 g/mol. The van der Waals surface area contributed by atoms with E-state index in [1.54, 1.807) is 19.2 Å². The minimum atomic E-state index is -0.586. The summed E-state index contributed by atoms with van der Waals surface area (Å²) in [5.74, 6) is 1.11. The summed E-state index contributed by atoms with van der Waals surface area (Å²) in [6.45, 7) is 0.533. The molecule has 0 saturated heterocycles. The summed E-state index contributed by atoms with van der Waals surface area (Å²) < 4.78 is 10.7. The van der Waals surface area contributed by atoms with Crippen molar-refractivity contribution < 1.29 is 19.4 Å². The number of hydrogen-bond donors (Lipinski definition) is 3. The van der Waals surface area contributed by atoms with Crippen LogP contribution in [0.1, 0.15) is 0 Å². The first-order valence-corrected chi connectivity index (χ1v) is 5.71. The number of aliphatic hydroxyl groups excluding tert-OH is 1. The Morgan fingerprint density at radius 3 is 3.22 bits per heavy atom. The maximum atomic E-state index is 11.7. The van der Waals surface area contributed by atoms with E-state index in [0.717, 1.165) is 11.4 Å². The summed E-state index contributed by atoms with van der Waals surface area (Å²) in [5.41, 5.74) is 0.806. The predicted octanol–water partition coefficient (Wildman–Crippen LogP) is -0.0234. The Bertz CT molecular complexity index is 436. The van der Waals surface area contributed by atoms with Crippen LogP contribution in [0.15, 0.2) is 18.2 Å². The Kier molecular flexibility index (Phi) is 3.88. The van der Waals surface area contributed by atoms with Gasteiger partial charge < -0.3 is 25.2 Å². The topological polar surface area (TPSA) is 79.8 Å². The molecule has 18 heavy (non-hydrogen) atoms. The number of nitrogens with one attached hydrogen (secondary N) is 2. The second-order valence-corrected chi connectivity index (χ2v) is 3.86. The van der Waals surface area contributed by atoms with Gasteiger partial charge in [-0.15, -0.1) is 0 Å². The van der Waals surface area contributed by atoms with Crippen LogP contribution < -0.4 is 20.1 Å². The molecule has 0 aromatic heterocycles. The average Bonchev–Trinajstić information content (AvgIpc) is 2.43. The van der Waals surface area contributed by atoms with E-state index in [2.05, 4.69) is 10.6 Å². The largest absolute Gasteiger partial charge is 0.497 e. The number of ether oxygens (including phenoxy) is 2. The molecule has 0 fully saturated rings. The third-order valence-electron chi connectivity index (χ3n) is 2.64. The van der Waals surface area contributed by atoms with E-state index >= 15 is 0 Å². The Balaban J connectivity index is 2.03. The Morgan fingerprint density at radius 1 is 1.67 bits per heavy atom. The first-order valence-electron chi connectivity index (χ1n) is 5.71. The number of amides is 1. The quantitative estimate of drug-likeness (QED) is 0.701. The van der Waals surface area contributed by atoms with Crippen molar-refractivity contribution in [3.05, 3.63) is 18.2 Å². The maximum absolute atomic E-state index is 11.7. The number of anilines is 1. The lowest BCUT2D eigenvalue weighted by Crippen LogP contribution is -2.45. The Labute approximate surface area is 105 Å². The molecule has 6 nitrogen and oxygen atoms in total. The van der Waals surface area contributed by atoms with Crippen molar-refractivity contribution in [2.75, 3.05) is 32.1 Å². The van der Waals surface area contributed by atoms with Crippen LogP contribution in [0.3, 0.4) is 0 Å². The highest BCUT2D eigenvalue weighted by Gasteiger charge is 2.25. The number of rotatable bonds is 4. The molecular formula is C12H16N2O4. The van der Waals surface area contributed by atoms with E-state index in [-0.39, 0.29) is 19.1 Å². The van der Waals surface area contributed by atoms with Gasteiger partial charge in [-0.2, -0.15) is 0 Å². The number of aliphatic hydroxyl groups is 1. The summed E-state index contributed by atoms with van der Waals surface area (Å²) >= 11 is 0. The van der Waals surface area contributed by atoms with Crippen LogP contribution in [0.2, 0.25) is 0 Å². The van der Waals surface area contributed by atoms with Gasteiger partial charge in [0.1, 0.15) is 11.5 Å². The fourth-order valence-electron chi connectivity index (χ4n) is 1.71. The zero-order chi connectivity index (χ0) is 13.0. The highest BCUT2D eigenvalue weighted by atomic mass is 16.5. The standard InChI is InChI=1S/C12H16N2O4/c1-17-8-2-3-10-9(6-8)14-7-11(18-10)12(16)13-4-5-15/h2-3,6,11,14-15H,4-5,7H2,1H3,(H,13,16). The fourth-order valence-corrected chi connectivity index (χ4v) is 1.71. The molecule has 6 heteroatoms. The molecule has 1 heterocycles. The van der Waals surface area contributed by atoms with Gasteiger partial charge in [0.2, 0.25) is 0 Å². The van der Waals surface area contributed by atoms with Crippen LogP contribution in [0, 0.1) is 0 Å². The molecule has 0 aliphatic carbocycles. The van der Waals surface area contributed by atoms with Crippen LogP contribution in [-0.2, 0) is 4.79 Å². The molecule has 2 rings (SSSR count). The van der Waals surface area contributed by atoms with E-state index in [9.17, 15) is 4.79 Å². The van der Waals surface area contributed by atoms with Crippen molar-refractivity contribution in [2.45, 2.75) is 6.10 Å². The number of methoxy groups -OCH3 is 1. The number of carbonyl (C=O) groups is 1. The van der Waals surface area contributed by atoms with Gasteiger partial charge in [-0.1, -0.05) is 0 Å². The number of carbonyl (C=O) groups excluding carboxylic acids is 1. The Hall–Kier alpha value is -1.95. The molecule has 98 valence electrons. The molecular weight excluding hydrogens is 236 g/mol. The summed E-state index contributed by atoms with van der Waals surface area (Å²) in [5, 5.41) is 14.3. The number of benzene rings is 1. The van der Waals surface area contributed by atoms with Crippen molar-refractivity contribution in [3.8, 4) is 11.5 Å². The smallest absolute Gasteiger partial charge is 0.263 e. The van der Waals surface area contributed by atoms with Crippen LogP contribution in [0.5, 0.6) is 11.5 Å². The molecule has 1 atom stereocenters. The predicted molar refractivity (Wildman–Crippen MR) is 66.0 cm³/mol. The van der Waals surface area contributed by atoms with Gasteiger partial charge >= 0.3 is 0 Å². The Morgan fingerprint density at radius 2 is 2.50 bits per heavy atom. The molecule has 0 bridgehead atoms. The highest BCUT2D eigenvalue weighted by Crippen LogP contribution is 2.32. The molecule has 3 N–H and O–H groups in total. The van der Waals surface area contributed by atoms with Crippen molar-refractivity contribution in [2.24, 2.45) is 0 Å². The van der Waals surface area contributed by atoms with Gasteiger partial charge in [-0.05, 0) is 12.1 Å². The number of fused-ring (bicyclic) bond motifs is 1. The zero-order valence-electron chi connectivity index (χ0n) is 10.1. The minimum absolute atomic E-state index is 0.0837. The van der Waals surface area contributed by atoms with Crippen LogP contribution in [-0.4, -0.2) is 43.9 Å². The monoisotopic (exact) mass is 252 g/mol. The van der Waals surface area contributed by atoms with Crippen LogP contribution in [0.4, 0.5) is 5.69 Å². The normalized spacial score (nSPS) is 17.1. The van der Waals surface area contributed by atoms with Gasteiger partial charge in [0.05, 0.1) is 25.9 Å². The third-order valence-corrected chi connectivity index (χ3v) is 2.64. The van der Waals surface area contributed by atoms with Gasteiger partial charge in [0.15, 0.2) is 6.10 Å².